The third-order valence-corrected chi connectivity index (χ3v) is 12.1. The molecule has 1 saturated heterocycles. The molecule has 9 nitrogen and oxygen atoms in total. The molecular weight excluding hydrogens is 526 g/mol. The van der Waals surface area contributed by atoms with E-state index in [-0.39, 0.29) is 50.2 Å². The summed E-state index contributed by atoms with van der Waals surface area (Å²) in [7, 11) is -6.63. The monoisotopic (exact) mass is 551 g/mol. The van der Waals surface area contributed by atoms with Gasteiger partial charge < -0.3 is 9.47 Å². The Hall–Kier alpha value is -2.21. The van der Waals surface area contributed by atoms with Crippen LogP contribution in [-0.4, -0.2) is 59.8 Å². The molecule has 0 radical (unpaired) electrons. The van der Waals surface area contributed by atoms with Crippen LogP contribution in [0.15, 0.2) is 41.6 Å². The fourth-order valence-electron chi connectivity index (χ4n) is 4.90. The number of piperidine rings is 1. The highest BCUT2D eigenvalue weighted by Crippen LogP contribution is 2.42. The van der Waals surface area contributed by atoms with Gasteiger partial charge in [0, 0.05) is 24.9 Å². The molecule has 2 aromatic rings. The molecule has 1 aromatic carbocycles. The van der Waals surface area contributed by atoms with Crippen LogP contribution in [0, 0.1) is 6.92 Å². The van der Waals surface area contributed by atoms with Crippen molar-refractivity contribution in [3.63, 3.8) is 0 Å². The molecule has 0 amide bonds. The van der Waals surface area contributed by atoms with Gasteiger partial charge in [0.2, 0.25) is 21.8 Å². The van der Waals surface area contributed by atoms with Crippen molar-refractivity contribution in [3.8, 4) is 17.5 Å². The van der Waals surface area contributed by atoms with Gasteiger partial charge >= 0.3 is 0 Å². The number of hydrogen-bond acceptors (Lipinski definition) is 8. The summed E-state index contributed by atoms with van der Waals surface area (Å²) in [5.41, 5.74) is 0.566. The number of halogens is 1. The van der Waals surface area contributed by atoms with Gasteiger partial charge in [-0.3, -0.25) is 0 Å². The molecule has 2 saturated carbocycles. The van der Waals surface area contributed by atoms with E-state index in [0.29, 0.717) is 37.1 Å². The van der Waals surface area contributed by atoms with Crippen LogP contribution in [0.2, 0.25) is 5.02 Å². The molecule has 3 fully saturated rings. The first-order valence-corrected chi connectivity index (χ1v) is 15.5. The summed E-state index contributed by atoms with van der Waals surface area (Å²) in [6.45, 7) is 1.77. The van der Waals surface area contributed by atoms with Gasteiger partial charge in [-0.25, -0.2) is 26.8 Å². The molecule has 2 atom stereocenters. The molecule has 1 aromatic heterocycles. The lowest BCUT2D eigenvalue weighted by Crippen LogP contribution is -2.50. The third-order valence-electron chi connectivity index (χ3n) is 7.13. The lowest BCUT2D eigenvalue weighted by atomic mass is 10.0. The normalized spacial score (nSPS) is 26.2. The molecule has 0 spiro atoms. The van der Waals surface area contributed by atoms with Gasteiger partial charge in [-0.15, -0.1) is 0 Å². The van der Waals surface area contributed by atoms with Crippen molar-refractivity contribution < 1.29 is 26.3 Å². The van der Waals surface area contributed by atoms with Crippen molar-refractivity contribution in [2.45, 2.75) is 79.0 Å². The van der Waals surface area contributed by atoms with E-state index in [1.165, 1.54) is 24.5 Å². The number of fused-ring (bicyclic) bond motifs is 2. The van der Waals surface area contributed by atoms with Gasteiger partial charge in [-0.05, 0) is 50.8 Å². The topological polar surface area (TPSA) is 116 Å². The second-order valence-corrected chi connectivity index (χ2v) is 14.6. The zero-order valence-corrected chi connectivity index (χ0v) is 22.0. The molecule has 192 valence electrons. The van der Waals surface area contributed by atoms with Crippen molar-refractivity contribution in [1.82, 2.24) is 14.3 Å². The number of rotatable bonds is 8. The lowest BCUT2D eigenvalue weighted by molar-refractivity contribution is 0.0979. The summed E-state index contributed by atoms with van der Waals surface area (Å²) < 4.78 is 64.4. The quantitative estimate of drug-likeness (QED) is 0.455. The van der Waals surface area contributed by atoms with Gasteiger partial charge in [0.1, 0.15) is 18.2 Å². The van der Waals surface area contributed by atoms with E-state index in [1.54, 1.807) is 11.2 Å². The van der Waals surface area contributed by atoms with Crippen LogP contribution >= 0.6 is 11.6 Å². The molecule has 2 aliphatic heterocycles. The Kier molecular flexibility index (Phi) is 5.82. The molecule has 2 unspecified atom stereocenters. The second kappa shape index (κ2) is 8.68. The Morgan fingerprint density at radius 2 is 1.58 bits per heavy atom. The molecule has 0 N–H and O–H groups in total. The Balaban J connectivity index is 1.16. The fraction of sp³-hybridized carbons (Fsp3) is 0.500. The number of benzene rings is 1. The lowest BCUT2D eigenvalue weighted by Gasteiger charge is -2.38. The molecule has 36 heavy (non-hydrogen) atoms. The van der Waals surface area contributed by atoms with Crippen molar-refractivity contribution in [2.24, 2.45) is 0 Å². The first-order valence-electron chi connectivity index (χ1n) is 12.0. The number of ether oxygens (including phenoxy) is 2. The highest BCUT2D eigenvalue weighted by atomic mass is 35.5. The largest absolute Gasteiger partial charge is 0.474 e. The predicted molar refractivity (Wildman–Crippen MR) is 133 cm³/mol. The average Bonchev–Trinajstić information content (AvgIpc) is 3.73. The minimum absolute atomic E-state index is 0.170. The van der Waals surface area contributed by atoms with Gasteiger partial charge in [-0.1, -0.05) is 23.8 Å². The summed E-state index contributed by atoms with van der Waals surface area (Å²) in [4.78, 5) is 8.65. The smallest absolute Gasteiger partial charge is 0.229 e. The molecule has 3 heterocycles. The Morgan fingerprint density at radius 1 is 0.944 bits per heavy atom. The highest BCUT2D eigenvalue weighted by molar-refractivity contribution is 7.92. The molecule has 2 aliphatic carbocycles. The van der Waals surface area contributed by atoms with Crippen LogP contribution in [0.1, 0.15) is 44.1 Å². The van der Waals surface area contributed by atoms with Gasteiger partial charge in [-0.2, -0.15) is 4.31 Å². The molecule has 4 aliphatic rings. The summed E-state index contributed by atoms with van der Waals surface area (Å²) >= 11 is 6.35. The minimum Gasteiger partial charge on any atom is -0.474 e. The first-order chi connectivity index (χ1) is 17.1. The zero-order chi connectivity index (χ0) is 25.2. The second-order valence-electron chi connectivity index (χ2n) is 9.85. The zero-order valence-electron chi connectivity index (χ0n) is 19.6. The standard InChI is InChI=1S/C24H26ClN3O6S2/c1-14-23(33-17-10-15-2-3-16(11-17)28(15)36(31,32)19-6-7-19)26-13-27-24(14)34-22-9-8-20(12-21(22)25)35(29,30)18-4-5-18/h2-3,8-9,12-13,15-19H,4-7,10-11H2,1H3. The number of sulfone groups is 1. The van der Waals surface area contributed by atoms with E-state index >= 15 is 0 Å². The maximum Gasteiger partial charge on any atom is 0.229 e. The first kappa shape index (κ1) is 24.1. The Bertz CT molecular complexity index is 1440. The minimum atomic E-state index is -3.36. The Morgan fingerprint density at radius 3 is 2.19 bits per heavy atom. The highest BCUT2D eigenvalue weighted by Gasteiger charge is 2.50. The summed E-state index contributed by atoms with van der Waals surface area (Å²) in [6, 6.07) is 4.02. The maximum absolute atomic E-state index is 12.8. The fourth-order valence-corrected chi connectivity index (χ4v) is 9.01. The van der Waals surface area contributed by atoms with Gasteiger partial charge in [0.15, 0.2) is 9.84 Å². The van der Waals surface area contributed by atoms with E-state index in [0.717, 1.165) is 12.8 Å². The summed E-state index contributed by atoms with van der Waals surface area (Å²) in [5.74, 6) is 0.876. The van der Waals surface area contributed by atoms with Crippen molar-refractivity contribution in [3.05, 3.63) is 47.3 Å². The van der Waals surface area contributed by atoms with Crippen LogP contribution < -0.4 is 9.47 Å². The maximum atomic E-state index is 12.8. The number of nitrogens with zero attached hydrogens (tertiary/aromatic N) is 3. The molecular formula is C24H26ClN3O6S2. The van der Waals surface area contributed by atoms with E-state index in [4.69, 9.17) is 21.1 Å². The summed E-state index contributed by atoms with van der Waals surface area (Å²) in [6.07, 6.45) is 8.96. The molecule has 2 bridgehead atoms. The summed E-state index contributed by atoms with van der Waals surface area (Å²) in [5, 5.41) is -0.391. The third kappa shape index (κ3) is 4.29. The van der Waals surface area contributed by atoms with Crippen molar-refractivity contribution in [1.29, 1.82) is 0 Å². The van der Waals surface area contributed by atoms with E-state index in [1.807, 2.05) is 12.2 Å². The van der Waals surface area contributed by atoms with Crippen LogP contribution in [0.5, 0.6) is 17.5 Å². The van der Waals surface area contributed by atoms with Crippen LogP contribution in [-0.2, 0) is 19.9 Å². The van der Waals surface area contributed by atoms with Crippen molar-refractivity contribution >= 4 is 31.5 Å². The van der Waals surface area contributed by atoms with Gasteiger partial charge in [0.05, 0.1) is 26.0 Å². The average molecular weight is 552 g/mol. The van der Waals surface area contributed by atoms with E-state index in [2.05, 4.69) is 9.97 Å². The van der Waals surface area contributed by atoms with Crippen LogP contribution in [0.4, 0.5) is 0 Å². The number of hydrogen-bond donors (Lipinski definition) is 0. The number of aromatic nitrogens is 2. The van der Waals surface area contributed by atoms with Gasteiger partial charge in [0.25, 0.3) is 0 Å². The number of sulfonamides is 1. The predicted octanol–water partition coefficient (Wildman–Crippen LogP) is 3.81. The molecule has 6 rings (SSSR count). The SMILES string of the molecule is Cc1c(Oc2ccc(S(=O)(=O)C3CC3)cc2Cl)ncnc1OC1CC2C=CC(C1)N2S(=O)(=O)C1CC1. The molecule has 12 heteroatoms. The van der Waals surface area contributed by atoms with Crippen LogP contribution in [0.3, 0.4) is 0 Å². The van der Waals surface area contributed by atoms with Crippen molar-refractivity contribution in [2.75, 3.05) is 0 Å². The van der Waals surface area contributed by atoms with E-state index < -0.39 is 19.9 Å². The van der Waals surface area contributed by atoms with Crippen LogP contribution in [0.25, 0.3) is 0 Å². The van der Waals surface area contributed by atoms with E-state index in [9.17, 15) is 16.8 Å². The Labute approximate surface area is 215 Å².